The molecule has 0 unspecified atom stereocenters. The average Bonchev–Trinajstić information content (AvgIpc) is 3.29. The molecular weight excluding hydrogens is 310 g/mol. The largest absolute Gasteiger partial charge is 0.354 e. The fourth-order valence-electron chi connectivity index (χ4n) is 2.30. The second-order valence-electron chi connectivity index (χ2n) is 5.26. The minimum atomic E-state index is -0.0392. The van der Waals surface area contributed by atoms with Gasteiger partial charge in [-0.15, -0.1) is 16.4 Å². The third-order valence-corrected chi connectivity index (χ3v) is 4.35. The Bertz CT molecular complexity index is 718. The van der Waals surface area contributed by atoms with Gasteiger partial charge in [-0.2, -0.15) is 4.98 Å². The number of hydrogen-bond acceptors (Lipinski definition) is 4. The molecule has 7 heteroatoms. The number of anilines is 1. The van der Waals surface area contributed by atoms with Gasteiger partial charge < -0.3 is 4.57 Å². The van der Waals surface area contributed by atoms with Crippen LogP contribution in [0.15, 0.2) is 42.0 Å². The van der Waals surface area contributed by atoms with E-state index in [1.54, 1.807) is 11.3 Å². The SMILES string of the molecule is O=C(CCCCCn1cccc1)Nc1n[nH]c(-c2cccs2)n1. The van der Waals surface area contributed by atoms with Crippen LogP contribution in [0.2, 0.25) is 0 Å². The van der Waals surface area contributed by atoms with Crippen LogP contribution in [0.5, 0.6) is 0 Å². The van der Waals surface area contributed by atoms with Gasteiger partial charge in [0.1, 0.15) is 0 Å². The number of thiophene rings is 1. The van der Waals surface area contributed by atoms with Gasteiger partial charge in [0.15, 0.2) is 5.82 Å². The lowest BCUT2D eigenvalue weighted by atomic mass is 10.2. The highest BCUT2D eigenvalue weighted by molar-refractivity contribution is 7.13. The van der Waals surface area contributed by atoms with Crippen molar-refractivity contribution in [1.82, 2.24) is 19.7 Å². The van der Waals surface area contributed by atoms with E-state index in [9.17, 15) is 4.79 Å². The Morgan fingerprint density at radius 3 is 2.87 bits per heavy atom. The Morgan fingerprint density at radius 1 is 1.22 bits per heavy atom. The number of aryl methyl sites for hydroxylation is 1. The summed E-state index contributed by atoms with van der Waals surface area (Å²) in [6.07, 6.45) is 7.58. The molecule has 0 radical (unpaired) electrons. The van der Waals surface area contributed by atoms with E-state index in [-0.39, 0.29) is 5.91 Å². The predicted octanol–water partition coefficient (Wildman–Crippen LogP) is 3.53. The Hall–Kier alpha value is -2.41. The van der Waals surface area contributed by atoms with Crippen molar-refractivity contribution in [3.05, 3.63) is 42.0 Å². The molecule has 6 nitrogen and oxygen atoms in total. The maximum Gasteiger partial charge on any atom is 0.249 e. The first-order valence-electron chi connectivity index (χ1n) is 7.68. The average molecular weight is 329 g/mol. The third kappa shape index (κ3) is 4.53. The van der Waals surface area contributed by atoms with E-state index in [1.165, 1.54) is 0 Å². The lowest BCUT2D eigenvalue weighted by molar-refractivity contribution is -0.116. The molecule has 1 amide bonds. The van der Waals surface area contributed by atoms with Gasteiger partial charge in [-0.05, 0) is 36.4 Å². The van der Waals surface area contributed by atoms with Gasteiger partial charge in [0.2, 0.25) is 11.9 Å². The fourth-order valence-corrected chi connectivity index (χ4v) is 2.97. The normalized spacial score (nSPS) is 10.8. The van der Waals surface area contributed by atoms with Crippen LogP contribution in [0.3, 0.4) is 0 Å². The summed E-state index contributed by atoms with van der Waals surface area (Å²) >= 11 is 1.58. The highest BCUT2D eigenvalue weighted by atomic mass is 32.1. The van der Waals surface area contributed by atoms with Gasteiger partial charge in [0, 0.05) is 25.4 Å². The van der Waals surface area contributed by atoms with Gasteiger partial charge in [0.25, 0.3) is 0 Å². The smallest absolute Gasteiger partial charge is 0.249 e. The van der Waals surface area contributed by atoms with Crippen molar-refractivity contribution in [3.63, 3.8) is 0 Å². The molecule has 0 saturated carbocycles. The fraction of sp³-hybridized carbons (Fsp3) is 0.312. The molecule has 3 heterocycles. The summed E-state index contributed by atoms with van der Waals surface area (Å²) in [7, 11) is 0. The van der Waals surface area contributed by atoms with Crippen LogP contribution < -0.4 is 5.32 Å². The molecule has 0 atom stereocenters. The molecule has 0 saturated heterocycles. The van der Waals surface area contributed by atoms with Crippen molar-refractivity contribution in [2.24, 2.45) is 0 Å². The number of hydrogen-bond donors (Lipinski definition) is 2. The van der Waals surface area contributed by atoms with Crippen LogP contribution in [0.1, 0.15) is 25.7 Å². The summed E-state index contributed by atoms with van der Waals surface area (Å²) in [6, 6.07) is 7.96. The zero-order chi connectivity index (χ0) is 15.9. The van der Waals surface area contributed by atoms with Gasteiger partial charge in [-0.3, -0.25) is 15.2 Å². The number of unbranched alkanes of at least 4 members (excludes halogenated alkanes) is 2. The molecule has 0 fully saturated rings. The molecule has 0 aromatic carbocycles. The molecule has 3 aromatic rings. The maximum atomic E-state index is 11.9. The molecule has 3 aromatic heterocycles. The monoisotopic (exact) mass is 329 g/mol. The number of nitrogens with zero attached hydrogens (tertiary/aromatic N) is 3. The lowest BCUT2D eigenvalue weighted by Gasteiger charge is -2.03. The van der Waals surface area contributed by atoms with E-state index in [0.717, 1.165) is 30.7 Å². The molecule has 3 rings (SSSR count). The zero-order valence-electron chi connectivity index (χ0n) is 12.7. The minimum Gasteiger partial charge on any atom is -0.354 e. The number of carbonyl (C=O) groups is 1. The lowest BCUT2D eigenvalue weighted by Crippen LogP contribution is -2.12. The van der Waals surface area contributed by atoms with Crippen molar-refractivity contribution in [1.29, 1.82) is 0 Å². The van der Waals surface area contributed by atoms with Crippen LogP contribution in [0, 0.1) is 0 Å². The number of carbonyl (C=O) groups excluding carboxylic acids is 1. The van der Waals surface area contributed by atoms with Gasteiger partial charge in [-0.1, -0.05) is 12.5 Å². The van der Waals surface area contributed by atoms with Crippen LogP contribution in [0.25, 0.3) is 10.7 Å². The molecule has 0 aliphatic carbocycles. The highest BCUT2D eigenvalue weighted by Crippen LogP contribution is 2.21. The summed E-state index contributed by atoms with van der Waals surface area (Å²) in [5.74, 6) is 0.982. The van der Waals surface area contributed by atoms with E-state index < -0.39 is 0 Å². The van der Waals surface area contributed by atoms with E-state index >= 15 is 0 Å². The summed E-state index contributed by atoms with van der Waals surface area (Å²) in [6.45, 7) is 1.000. The molecule has 0 spiro atoms. The number of aromatic nitrogens is 4. The second kappa shape index (κ2) is 7.73. The van der Waals surface area contributed by atoms with Gasteiger partial charge >= 0.3 is 0 Å². The predicted molar refractivity (Wildman–Crippen MR) is 91.2 cm³/mol. The van der Waals surface area contributed by atoms with Crippen molar-refractivity contribution in [3.8, 4) is 10.7 Å². The van der Waals surface area contributed by atoms with Crippen LogP contribution in [-0.4, -0.2) is 25.7 Å². The standard InChI is InChI=1S/C16H19N5OS/c22-14(8-2-1-3-9-21-10-4-5-11-21)17-16-18-15(19-20-16)13-7-6-12-23-13/h4-7,10-12H,1-3,8-9H2,(H2,17,18,19,20,22). The molecule has 0 aliphatic rings. The molecular formula is C16H19N5OS. The summed E-state index contributed by atoms with van der Waals surface area (Å²) in [5, 5.41) is 11.6. The van der Waals surface area contributed by atoms with Crippen molar-refractivity contribution in [2.45, 2.75) is 32.2 Å². The first-order valence-corrected chi connectivity index (χ1v) is 8.56. The maximum absolute atomic E-state index is 11.9. The summed E-state index contributed by atoms with van der Waals surface area (Å²) in [4.78, 5) is 17.2. The topological polar surface area (TPSA) is 75.6 Å². The van der Waals surface area contributed by atoms with E-state index in [4.69, 9.17) is 0 Å². The molecule has 120 valence electrons. The Labute approximate surface area is 138 Å². The number of nitrogens with one attached hydrogen (secondary N) is 2. The van der Waals surface area contributed by atoms with E-state index in [2.05, 4.69) is 37.5 Å². The van der Waals surface area contributed by atoms with Crippen LogP contribution >= 0.6 is 11.3 Å². The number of amides is 1. The van der Waals surface area contributed by atoms with Crippen molar-refractivity contribution >= 4 is 23.2 Å². The van der Waals surface area contributed by atoms with E-state index in [1.807, 2.05) is 29.6 Å². The Morgan fingerprint density at radius 2 is 2.09 bits per heavy atom. The second-order valence-corrected chi connectivity index (χ2v) is 6.21. The molecule has 0 bridgehead atoms. The first-order chi connectivity index (χ1) is 11.3. The van der Waals surface area contributed by atoms with Crippen LogP contribution in [-0.2, 0) is 11.3 Å². The first kappa shape index (κ1) is 15.5. The summed E-state index contributed by atoms with van der Waals surface area (Å²) in [5.41, 5.74) is 0. The quantitative estimate of drug-likeness (QED) is 0.621. The van der Waals surface area contributed by atoms with E-state index in [0.29, 0.717) is 18.2 Å². The minimum absolute atomic E-state index is 0.0392. The molecule has 2 N–H and O–H groups in total. The van der Waals surface area contributed by atoms with Gasteiger partial charge in [0.05, 0.1) is 4.88 Å². The van der Waals surface area contributed by atoms with Gasteiger partial charge in [-0.25, -0.2) is 0 Å². The number of aromatic amines is 1. The Kier molecular flexibility index (Phi) is 5.21. The third-order valence-electron chi connectivity index (χ3n) is 3.48. The zero-order valence-corrected chi connectivity index (χ0v) is 13.6. The van der Waals surface area contributed by atoms with Crippen molar-refractivity contribution < 1.29 is 4.79 Å². The summed E-state index contributed by atoms with van der Waals surface area (Å²) < 4.78 is 2.15. The number of H-pyrrole nitrogens is 1. The molecule has 23 heavy (non-hydrogen) atoms. The highest BCUT2D eigenvalue weighted by Gasteiger charge is 2.09. The van der Waals surface area contributed by atoms with Crippen LogP contribution in [0.4, 0.5) is 5.95 Å². The number of rotatable bonds is 8. The Balaban J connectivity index is 1.36. The van der Waals surface area contributed by atoms with Crippen molar-refractivity contribution in [2.75, 3.05) is 5.32 Å². The molecule has 0 aliphatic heterocycles.